The Morgan fingerprint density at radius 1 is 0.667 bits per heavy atom. The zero-order valence-electron chi connectivity index (χ0n) is 19.6. The highest BCUT2D eigenvalue weighted by Crippen LogP contribution is 2.41. The number of phosphoric acid groups is 2. The van der Waals surface area contributed by atoms with Gasteiger partial charge in [0.05, 0.1) is 26.4 Å². The van der Waals surface area contributed by atoms with Gasteiger partial charge >= 0.3 is 0 Å². The highest BCUT2D eigenvalue weighted by molar-refractivity contribution is 7.46. The molecule has 0 aromatic rings. The molecule has 0 amide bonds. The normalized spacial score (nSPS) is 17.4. The minimum Gasteiger partial charge on any atom is -0.756 e. The van der Waals surface area contributed by atoms with Crippen molar-refractivity contribution in [3.63, 3.8) is 0 Å². The number of rotatable bonds is 15. The van der Waals surface area contributed by atoms with Gasteiger partial charge in [-0.05, 0) is 37.8 Å². The van der Waals surface area contributed by atoms with E-state index < -0.39 is 28.9 Å². The number of likely N-dealkylation sites (N-methyl/N-ethyl adjacent to an activating group) is 2. The molecule has 0 saturated heterocycles. The van der Waals surface area contributed by atoms with Crippen LogP contribution in [0.2, 0.25) is 0 Å². The van der Waals surface area contributed by atoms with E-state index in [1.165, 1.54) is 0 Å². The summed E-state index contributed by atoms with van der Waals surface area (Å²) in [5.74, 6) is 0. The molecule has 0 bridgehead atoms. The summed E-state index contributed by atoms with van der Waals surface area (Å²) < 4.78 is 42.7. The fourth-order valence-corrected chi connectivity index (χ4v) is 4.17. The van der Waals surface area contributed by atoms with Crippen molar-refractivity contribution in [3.05, 3.63) is 0 Å². The second-order valence-corrected chi connectivity index (χ2v) is 12.5. The Labute approximate surface area is 203 Å². The van der Waals surface area contributed by atoms with Crippen LogP contribution in [-0.4, -0.2) is 52.6 Å². The molecule has 12 heteroatoms. The van der Waals surface area contributed by atoms with E-state index in [-0.39, 0.29) is 58.4 Å². The first-order valence-electron chi connectivity index (χ1n) is 10.0. The molecule has 0 saturated carbocycles. The largest absolute Gasteiger partial charge is 0.756 e. The fourth-order valence-electron chi connectivity index (χ4n) is 2.70. The van der Waals surface area contributed by atoms with Gasteiger partial charge in [0.1, 0.15) is 0 Å². The molecule has 0 rings (SSSR count). The Kier molecular flexibility index (Phi) is 21.4. The molecule has 33 heavy (non-hydrogen) atoms. The maximum Gasteiger partial charge on any atom is 0.268 e. The van der Waals surface area contributed by atoms with E-state index in [0.29, 0.717) is 12.8 Å². The Balaban J connectivity index is -0.00000140. The lowest BCUT2D eigenvalue weighted by atomic mass is 9.88. The van der Waals surface area contributed by atoms with E-state index in [1.807, 2.05) is 41.5 Å². The van der Waals surface area contributed by atoms with Crippen LogP contribution in [0.3, 0.4) is 0 Å². The molecule has 0 aromatic carbocycles. The molecule has 0 heterocycles. The average Bonchev–Trinajstić information content (AvgIpc) is 2.57. The van der Waals surface area contributed by atoms with E-state index in [9.17, 15) is 18.9 Å². The van der Waals surface area contributed by atoms with Crippen LogP contribution in [0.25, 0.3) is 0 Å². The zero-order chi connectivity index (χ0) is 23.6. The Morgan fingerprint density at radius 2 is 0.939 bits per heavy atom. The molecule has 0 aliphatic heterocycles. The molecule has 0 spiro atoms. The van der Waals surface area contributed by atoms with Crippen LogP contribution in [0.4, 0.5) is 0 Å². The van der Waals surface area contributed by atoms with Gasteiger partial charge in [0, 0.05) is 12.1 Å². The predicted octanol–water partition coefficient (Wildman–Crippen LogP) is 3.95. The maximum atomic E-state index is 11.8. The van der Waals surface area contributed by atoms with E-state index >= 15 is 0 Å². The second kappa shape index (κ2) is 17.6. The molecule has 4 unspecified atom stereocenters. The van der Waals surface area contributed by atoms with E-state index in [0.717, 1.165) is 0 Å². The molecule has 0 aromatic heterocycles. The first-order chi connectivity index (χ1) is 13.5. The van der Waals surface area contributed by atoms with Gasteiger partial charge in [0.15, 0.2) is 0 Å². The highest BCUT2D eigenvalue weighted by Gasteiger charge is 2.22. The van der Waals surface area contributed by atoms with Crippen LogP contribution < -0.4 is 20.4 Å². The van der Waals surface area contributed by atoms with Gasteiger partial charge in [0.2, 0.25) is 0 Å². The molecule has 0 aliphatic rings. The molecule has 0 aliphatic carbocycles. The van der Waals surface area contributed by atoms with Gasteiger partial charge in [0.25, 0.3) is 15.6 Å². The molecule has 0 fully saturated rings. The number of hydrogen-bond donors (Lipinski definition) is 2. The van der Waals surface area contributed by atoms with Crippen molar-refractivity contribution in [2.45, 2.75) is 88.7 Å². The quantitative estimate of drug-likeness (QED) is 0.240. The van der Waals surface area contributed by atoms with Crippen LogP contribution in [0.15, 0.2) is 0 Å². The summed E-state index contributed by atoms with van der Waals surface area (Å²) in [5, 5.41) is 5.99. The van der Waals surface area contributed by atoms with Gasteiger partial charge in [-0.3, -0.25) is 9.13 Å². The lowest BCUT2D eigenvalue weighted by Crippen LogP contribution is -2.34. The summed E-state index contributed by atoms with van der Waals surface area (Å²) in [4.78, 5) is 23.7. The Hall–Kier alpha value is 0.140. The molecule has 206 valence electrons. The smallest absolute Gasteiger partial charge is 0.268 e. The van der Waals surface area contributed by atoms with E-state index in [1.54, 1.807) is 14.1 Å². The standard InChI is InChI=1S/C18H42N2O8P2.3CH4/c1-17(2,3)11-15(19-7)13-27-29(21,22)25-9-10-26-30(23,24)28-14-16(20-8)12-18(4,5)6;;;/h15-16,19-20H,9-14H2,1-8H3,(H,21,22)(H,23,24);3*1H4/p-2. The molecular weight excluding hydrogens is 470 g/mol. The molecule has 4 atom stereocenters. The van der Waals surface area contributed by atoms with E-state index in [2.05, 4.69) is 19.7 Å². The average molecular weight is 523 g/mol. The summed E-state index contributed by atoms with van der Waals surface area (Å²) in [6, 6.07) is -0.341. The first-order valence-corrected chi connectivity index (χ1v) is 13.0. The van der Waals surface area contributed by atoms with Crippen molar-refractivity contribution in [2.24, 2.45) is 10.8 Å². The highest BCUT2D eigenvalue weighted by atomic mass is 31.2. The summed E-state index contributed by atoms with van der Waals surface area (Å²) in [6.07, 6.45) is 1.40. The lowest BCUT2D eigenvalue weighted by Gasteiger charge is -2.30. The summed E-state index contributed by atoms with van der Waals surface area (Å²) >= 11 is 0. The Bertz CT molecular complexity index is 530. The summed E-state index contributed by atoms with van der Waals surface area (Å²) in [7, 11) is -5.72. The first kappa shape index (κ1) is 40.3. The van der Waals surface area contributed by atoms with Crippen LogP contribution in [-0.2, 0) is 27.2 Å². The SMILES string of the molecule is C.C.C.CNC(COP(=O)([O-])OCCOP(=O)([O-])OCC(CC(C)(C)C)NC)CC(C)(C)C. The predicted molar refractivity (Wildman–Crippen MR) is 133 cm³/mol. The third kappa shape index (κ3) is 23.6. The fraction of sp³-hybridized carbons (Fsp3) is 1.00. The van der Waals surface area contributed by atoms with Crippen LogP contribution >= 0.6 is 15.6 Å². The van der Waals surface area contributed by atoms with Crippen molar-refractivity contribution in [3.8, 4) is 0 Å². The maximum absolute atomic E-state index is 11.8. The minimum absolute atomic E-state index is 0. The van der Waals surface area contributed by atoms with Gasteiger partial charge in [-0.2, -0.15) is 0 Å². The van der Waals surface area contributed by atoms with Gasteiger partial charge in [-0.15, -0.1) is 0 Å². The van der Waals surface area contributed by atoms with Gasteiger partial charge < -0.3 is 38.5 Å². The van der Waals surface area contributed by atoms with Crippen molar-refractivity contribution >= 4 is 15.6 Å². The second-order valence-electron chi connectivity index (χ2n) is 9.65. The molecule has 2 N–H and O–H groups in total. The zero-order valence-corrected chi connectivity index (χ0v) is 21.3. The van der Waals surface area contributed by atoms with Crippen molar-refractivity contribution in [1.29, 1.82) is 0 Å². The van der Waals surface area contributed by atoms with Crippen molar-refractivity contribution in [2.75, 3.05) is 40.5 Å². The minimum atomic E-state index is -4.58. The van der Waals surface area contributed by atoms with Crippen LogP contribution in [0.1, 0.15) is 76.7 Å². The molecule has 0 radical (unpaired) electrons. The van der Waals surface area contributed by atoms with E-state index in [4.69, 9.17) is 9.05 Å². The topological polar surface area (TPSA) is 141 Å². The lowest BCUT2D eigenvalue weighted by molar-refractivity contribution is -0.233. The van der Waals surface area contributed by atoms with Crippen LogP contribution in [0.5, 0.6) is 0 Å². The third-order valence-electron chi connectivity index (χ3n) is 3.98. The van der Waals surface area contributed by atoms with Crippen molar-refractivity contribution in [1.82, 2.24) is 10.6 Å². The monoisotopic (exact) mass is 522 g/mol. The molecular formula is C21H52N2O8P2-2. The summed E-state index contributed by atoms with van der Waals surface area (Å²) in [5.41, 5.74) is -0.0137. The number of hydrogen-bond acceptors (Lipinski definition) is 10. The van der Waals surface area contributed by atoms with Crippen molar-refractivity contribution < 1.29 is 37.0 Å². The Morgan fingerprint density at radius 3 is 1.15 bits per heavy atom. The van der Waals surface area contributed by atoms with Gasteiger partial charge in [-0.25, -0.2) is 0 Å². The van der Waals surface area contributed by atoms with Crippen LogP contribution in [0, 0.1) is 10.8 Å². The number of phosphoric ester groups is 2. The molecule has 10 nitrogen and oxygen atoms in total. The third-order valence-corrected chi connectivity index (χ3v) is 5.91. The number of nitrogens with one attached hydrogen (secondary N) is 2. The summed E-state index contributed by atoms with van der Waals surface area (Å²) in [6.45, 7) is 11.0. The van der Waals surface area contributed by atoms with Gasteiger partial charge in [-0.1, -0.05) is 63.8 Å².